The number of aliphatic hydroxyl groups excluding tert-OH is 1. The van der Waals surface area contributed by atoms with Crippen LogP contribution in [0.2, 0.25) is 0 Å². The van der Waals surface area contributed by atoms with E-state index in [-0.39, 0.29) is 6.61 Å². The molecule has 4 rings (SSSR count). The van der Waals surface area contributed by atoms with Crippen molar-refractivity contribution < 1.29 is 14.6 Å². The molecule has 0 aromatic heterocycles. The lowest BCUT2D eigenvalue weighted by atomic mass is 9.77. The van der Waals surface area contributed by atoms with Crippen LogP contribution in [0.25, 0.3) is 22.3 Å². The van der Waals surface area contributed by atoms with Crippen LogP contribution >= 0.6 is 0 Å². The van der Waals surface area contributed by atoms with E-state index < -0.39 is 5.97 Å². The number of benzene rings is 3. The van der Waals surface area contributed by atoms with Crippen LogP contribution < -0.4 is 4.74 Å². The molecule has 0 radical (unpaired) electrons. The summed E-state index contributed by atoms with van der Waals surface area (Å²) in [6.07, 6.45) is 11.8. The molecule has 0 heterocycles. The van der Waals surface area contributed by atoms with Crippen molar-refractivity contribution in [3.05, 3.63) is 89.5 Å². The molecule has 0 aliphatic heterocycles. The Morgan fingerprint density at radius 2 is 1.56 bits per heavy atom. The molecule has 1 saturated carbocycles. The Labute approximate surface area is 234 Å². The Hall–Kier alpha value is -3.17. The molecule has 3 aromatic carbocycles. The van der Waals surface area contributed by atoms with Crippen LogP contribution in [0.1, 0.15) is 94.7 Å². The molecular formula is C36H44O3. The highest BCUT2D eigenvalue weighted by Crippen LogP contribution is 2.39. The van der Waals surface area contributed by atoms with Gasteiger partial charge >= 0.3 is 5.97 Å². The number of carbonyl (C=O) groups is 1. The lowest BCUT2D eigenvalue weighted by Crippen LogP contribution is -2.13. The number of rotatable bonds is 11. The van der Waals surface area contributed by atoms with Crippen LogP contribution in [0.3, 0.4) is 0 Å². The van der Waals surface area contributed by atoms with Gasteiger partial charge in [0, 0.05) is 11.1 Å². The maximum Gasteiger partial charge on any atom is 0.338 e. The second-order valence-electron chi connectivity index (χ2n) is 11.2. The lowest BCUT2D eigenvalue weighted by molar-refractivity contribution is -0.130. The van der Waals surface area contributed by atoms with E-state index in [1.807, 2.05) is 18.2 Å². The van der Waals surface area contributed by atoms with Gasteiger partial charge < -0.3 is 9.84 Å². The van der Waals surface area contributed by atoms with Crippen LogP contribution in [0.4, 0.5) is 0 Å². The van der Waals surface area contributed by atoms with Gasteiger partial charge in [0.15, 0.2) is 0 Å². The summed E-state index contributed by atoms with van der Waals surface area (Å²) >= 11 is 0. The zero-order valence-corrected chi connectivity index (χ0v) is 24.0. The predicted octanol–water partition coefficient (Wildman–Crippen LogP) is 9.41. The summed E-state index contributed by atoms with van der Waals surface area (Å²) < 4.78 is 5.52. The average molecular weight is 525 g/mol. The first-order valence-corrected chi connectivity index (χ1v) is 14.8. The molecule has 1 N–H and O–H groups in total. The number of ether oxygens (including phenoxy) is 1. The first-order valence-electron chi connectivity index (χ1n) is 14.8. The van der Waals surface area contributed by atoms with Gasteiger partial charge in [0.2, 0.25) is 0 Å². The van der Waals surface area contributed by atoms with Crippen molar-refractivity contribution in [1.29, 1.82) is 0 Å². The molecule has 3 heteroatoms. The zero-order chi connectivity index (χ0) is 27.8. The molecule has 0 saturated heterocycles. The molecule has 0 bridgehead atoms. The summed E-state index contributed by atoms with van der Waals surface area (Å²) in [6.45, 7) is 9.53. The fourth-order valence-corrected chi connectivity index (χ4v) is 5.90. The van der Waals surface area contributed by atoms with Crippen molar-refractivity contribution >= 4 is 5.97 Å². The molecule has 3 nitrogen and oxygen atoms in total. The second kappa shape index (κ2) is 13.8. The Morgan fingerprint density at radius 1 is 0.872 bits per heavy atom. The van der Waals surface area contributed by atoms with Gasteiger partial charge in [0.1, 0.15) is 5.75 Å². The van der Waals surface area contributed by atoms with Gasteiger partial charge in [-0.15, -0.1) is 0 Å². The summed E-state index contributed by atoms with van der Waals surface area (Å²) in [5.74, 6) is 1.52. The van der Waals surface area contributed by atoms with E-state index in [0.29, 0.717) is 22.8 Å². The maximum atomic E-state index is 12.1. The SMILES string of the molecule is C=C(C)C(=O)Oc1cc(-c2ccc(-c3ccc(C4CCC(CCCCC)CC4)cc3)cc2CC)ccc1CO. The number of unbranched alkanes of at least 4 members (excludes halogenated alkanes) is 2. The molecule has 39 heavy (non-hydrogen) atoms. The molecule has 1 fully saturated rings. The molecule has 0 amide bonds. The smallest absolute Gasteiger partial charge is 0.338 e. The van der Waals surface area contributed by atoms with Crippen molar-refractivity contribution in [3.8, 4) is 28.0 Å². The number of hydrogen-bond acceptors (Lipinski definition) is 3. The van der Waals surface area contributed by atoms with Gasteiger partial charge in [-0.25, -0.2) is 4.79 Å². The van der Waals surface area contributed by atoms with Crippen molar-refractivity contribution in [2.24, 2.45) is 5.92 Å². The molecule has 1 aliphatic carbocycles. The van der Waals surface area contributed by atoms with Gasteiger partial charge in [-0.1, -0.05) is 101 Å². The molecule has 206 valence electrons. The minimum absolute atomic E-state index is 0.199. The van der Waals surface area contributed by atoms with Gasteiger partial charge in [0.05, 0.1) is 6.61 Å². The highest BCUT2D eigenvalue weighted by molar-refractivity contribution is 5.89. The van der Waals surface area contributed by atoms with Crippen LogP contribution in [-0.4, -0.2) is 11.1 Å². The Balaban J connectivity index is 1.49. The van der Waals surface area contributed by atoms with Crippen molar-refractivity contribution in [1.82, 2.24) is 0 Å². The third-order valence-electron chi connectivity index (χ3n) is 8.36. The summed E-state index contributed by atoms with van der Waals surface area (Å²) in [7, 11) is 0. The van der Waals surface area contributed by atoms with E-state index in [9.17, 15) is 9.90 Å². The summed E-state index contributed by atoms with van der Waals surface area (Å²) in [5.41, 5.74) is 8.12. The van der Waals surface area contributed by atoms with Crippen molar-refractivity contribution in [2.45, 2.75) is 91.1 Å². The number of aliphatic hydroxyl groups is 1. The van der Waals surface area contributed by atoms with E-state index in [4.69, 9.17) is 4.74 Å². The predicted molar refractivity (Wildman–Crippen MR) is 162 cm³/mol. The van der Waals surface area contributed by atoms with Crippen LogP contribution in [-0.2, 0) is 17.8 Å². The van der Waals surface area contributed by atoms with E-state index in [2.05, 4.69) is 62.9 Å². The molecule has 3 aromatic rings. The van der Waals surface area contributed by atoms with Gasteiger partial charge in [-0.05, 0) is 90.3 Å². The first-order chi connectivity index (χ1) is 18.9. The van der Waals surface area contributed by atoms with Gasteiger partial charge in [-0.3, -0.25) is 0 Å². The highest BCUT2D eigenvalue weighted by atomic mass is 16.5. The average Bonchev–Trinajstić information content (AvgIpc) is 2.97. The Kier molecular flexibility index (Phi) is 10.2. The fourth-order valence-electron chi connectivity index (χ4n) is 5.90. The van der Waals surface area contributed by atoms with Gasteiger partial charge in [0.25, 0.3) is 0 Å². The fraction of sp³-hybridized carbons (Fsp3) is 0.417. The van der Waals surface area contributed by atoms with E-state index in [1.54, 1.807) is 6.92 Å². The second-order valence-corrected chi connectivity index (χ2v) is 11.2. The van der Waals surface area contributed by atoms with Gasteiger partial charge in [-0.2, -0.15) is 0 Å². The standard InChI is InChI=1S/C36H44O3/c1-5-7-8-9-26-10-12-28(13-11-26)29-14-16-30(17-15-29)31-20-21-34(27(6-2)22-31)32-18-19-33(24-37)35(23-32)39-36(38)25(3)4/h14-23,26,28,37H,3,5-13,24H2,1-2,4H3. The molecule has 0 spiro atoms. The van der Waals surface area contributed by atoms with Crippen LogP contribution in [0.5, 0.6) is 5.75 Å². The third-order valence-corrected chi connectivity index (χ3v) is 8.36. The zero-order valence-electron chi connectivity index (χ0n) is 24.0. The maximum absolute atomic E-state index is 12.1. The first kappa shape index (κ1) is 28.8. The minimum atomic E-state index is -0.489. The lowest BCUT2D eigenvalue weighted by Gasteiger charge is -2.29. The quantitative estimate of drug-likeness (QED) is 0.118. The van der Waals surface area contributed by atoms with Crippen LogP contribution in [0, 0.1) is 5.92 Å². The largest absolute Gasteiger partial charge is 0.423 e. The van der Waals surface area contributed by atoms with Crippen LogP contribution in [0.15, 0.2) is 72.8 Å². The van der Waals surface area contributed by atoms with Crippen molar-refractivity contribution in [3.63, 3.8) is 0 Å². The molecule has 0 unspecified atom stereocenters. The van der Waals surface area contributed by atoms with E-state index in [1.165, 1.54) is 73.6 Å². The number of esters is 1. The van der Waals surface area contributed by atoms with E-state index >= 15 is 0 Å². The molecular weight excluding hydrogens is 480 g/mol. The van der Waals surface area contributed by atoms with E-state index in [0.717, 1.165) is 23.5 Å². The topological polar surface area (TPSA) is 46.5 Å². The highest BCUT2D eigenvalue weighted by Gasteiger charge is 2.22. The normalized spacial score (nSPS) is 17.1. The number of hydrogen-bond donors (Lipinski definition) is 1. The number of carbonyl (C=O) groups excluding carboxylic acids is 1. The third kappa shape index (κ3) is 7.28. The Bertz CT molecular complexity index is 1260. The molecule has 1 aliphatic rings. The molecule has 0 atom stereocenters. The minimum Gasteiger partial charge on any atom is -0.423 e. The summed E-state index contributed by atoms with van der Waals surface area (Å²) in [5, 5.41) is 9.73. The van der Waals surface area contributed by atoms with Crippen molar-refractivity contribution in [2.75, 3.05) is 0 Å². The summed E-state index contributed by atoms with van der Waals surface area (Å²) in [6, 6.07) is 21.5. The Morgan fingerprint density at radius 3 is 2.21 bits per heavy atom. The summed E-state index contributed by atoms with van der Waals surface area (Å²) in [4.78, 5) is 12.1. The number of aryl methyl sites for hydroxylation is 1. The monoisotopic (exact) mass is 524 g/mol.